The summed E-state index contributed by atoms with van der Waals surface area (Å²) < 4.78 is 154. The number of nitrogens with zero attached hydrogens (tertiary/aromatic N) is 3. The predicted molar refractivity (Wildman–Crippen MR) is 484 cm³/mol. The third-order valence-electron chi connectivity index (χ3n) is 20.4. The second-order valence-corrected chi connectivity index (χ2v) is 32.4. The molecule has 130 heavy (non-hydrogen) atoms. The Morgan fingerprint density at radius 2 is 0.577 bits per heavy atom. The second kappa shape index (κ2) is 56.6. The zero-order chi connectivity index (χ0) is 94.8. The van der Waals surface area contributed by atoms with Gasteiger partial charge in [-0.1, -0.05) is 23.7 Å². The number of ether oxygens (including phenoxy) is 18. The van der Waals surface area contributed by atoms with Crippen molar-refractivity contribution in [3.63, 3.8) is 0 Å². The predicted octanol–water partition coefficient (Wildman–Crippen LogP) is 18.4. The molecule has 12 rings (SSSR count). The summed E-state index contributed by atoms with van der Waals surface area (Å²) in [7, 11) is 23.7. The quantitative estimate of drug-likeness (QED) is 0.00680. The van der Waals surface area contributed by atoms with Crippen LogP contribution in [0.25, 0.3) is 0 Å². The summed E-state index contributed by atoms with van der Waals surface area (Å²) in [6.45, 7) is 15.8. The van der Waals surface area contributed by atoms with Crippen LogP contribution in [-0.4, -0.2) is 175 Å². The molecule has 3 saturated heterocycles. The van der Waals surface area contributed by atoms with E-state index in [1.54, 1.807) is 145 Å². The van der Waals surface area contributed by atoms with E-state index in [2.05, 4.69) is 36.2 Å². The Labute approximate surface area is 775 Å². The van der Waals surface area contributed by atoms with Crippen molar-refractivity contribution in [2.24, 2.45) is 0 Å². The van der Waals surface area contributed by atoms with Crippen LogP contribution in [0.1, 0.15) is 131 Å². The summed E-state index contributed by atoms with van der Waals surface area (Å²) in [5, 5.41) is 32.6. The monoisotopic (exact) mass is 1880 g/mol. The van der Waals surface area contributed by atoms with Gasteiger partial charge in [0.1, 0.15) is 11.6 Å². The van der Waals surface area contributed by atoms with E-state index in [1.165, 1.54) is 45.4 Å². The summed E-state index contributed by atoms with van der Waals surface area (Å²) >= 11 is 10.9. The van der Waals surface area contributed by atoms with Gasteiger partial charge in [-0.25, -0.2) is 25.1 Å². The van der Waals surface area contributed by atoms with Crippen LogP contribution >= 0.6 is 46.9 Å². The number of hydrazine groups is 3. The Morgan fingerprint density at radius 1 is 0.346 bits per heavy atom. The van der Waals surface area contributed by atoms with Crippen LogP contribution in [0.3, 0.4) is 0 Å². The first-order valence-electron chi connectivity index (χ1n) is 40.6. The Kier molecular flexibility index (Phi) is 46.6. The SMILES string of the molecule is COc1cc([C@H]2CC[C@H](c3cc(OC)c(OC)c(OC)c3)O2)cc(CNN(C)O)c1OCCSCc1ccc(F)cc1.COc1cc([C@H]2CC[C@H](c3cc(OC)c(OC)c(OC)c3)O2)cc(CNN(C)O)c1OCCSc1ccc(Cl)cc1.COc1cc([C@H]2CC[C@H](c3cc(OC)c(OC)c(OC)c3)O2)cc(CNN(C)O)c1OCCSc1ccc(F)cc1.[C-]#[O+].[C-]#[O+].[C-]#[O+]. The van der Waals surface area contributed by atoms with Gasteiger partial charge in [-0.3, -0.25) is 15.6 Å². The summed E-state index contributed by atoms with van der Waals surface area (Å²) in [5.41, 5.74) is 18.0. The van der Waals surface area contributed by atoms with Crippen molar-refractivity contribution in [1.29, 1.82) is 0 Å². The summed E-state index contributed by atoms with van der Waals surface area (Å²) in [5.74, 6) is 11.1. The molecule has 0 spiro atoms. The number of halogens is 3. The van der Waals surface area contributed by atoms with Gasteiger partial charge in [0, 0.05) is 95.3 Å². The third-order valence-corrected chi connectivity index (χ3v) is 23.6. The van der Waals surface area contributed by atoms with Gasteiger partial charge in [0.25, 0.3) is 0 Å². The van der Waals surface area contributed by atoms with Crippen molar-refractivity contribution in [2.45, 2.75) is 110 Å². The van der Waals surface area contributed by atoms with E-state index < -0.39 is 0 Å². The number of methoxy groups -OCH3 is 12. The first kappa shape index (κ1) is 107. The number of nitrogens with one attached hydrogen (secondary N) is 3. The minimum absolute atomic E-state index is 0.148. The molecule has 3 heterocycles. The second-order valence-electron chi connectivity index (χ2n) is 28.5. The number of thioether (sulfide) groups is 3. The van der Waals surface area contributed by atoms with Crippen LogP contribution in [0.2, 0.25) is 5.02 Å². The van der Waals surface area contributed by atoms with Gasteiger partial charge in [0.15, 0.2) is 69.0 Å². The van der Waals surface area contributed by atoms with E-state index in [9.17, 15) is 24.4 Å². The zero-order valence-corrected chi connectivity index (χ0v) is 78.5. The Balaban J connectivity index is 0.000000259. The molecule has 3 fully saturated rings. The van der Waals surface area contributed by atoms with Gasteiger partial charge >= 0.3 is 33.9 Å². The van der Waals surface area contributed by atoms with Crippen LogP contribution in [0.15, 0.2) is 155 Å². The maximum absolute atomic E-state index is 13.2. The average molecular weight is 1880 g/mol. The van der Waals surface area contributed by atoms with Crippen molar-refractivity contribution in [1.82, 2.24) is 31.8 Å². The van der Waals surface area contributed by atoms with Gasteiger partial charge in [0.2, 0.25) is 17.2 Å². The number of hydrogen-bond acceptors (Lipinski definition) is 30. The van der Waals surface area contributed by atoms with Crippen LogP contribution in [-0.2, 0) is 53.6 Å². The van der Waals surface area contributed by atoms with Gasteiger partial charge in [0.05, 0.1) is 142 Å². The Morgan fingerprint density at radius 3 is 0.823 bits per heavy atom. The molecule has 6 N–H and O–H groups in total. The van der Waals surface area contributed by atoms with Crippen LogP contribution in [0, 0.1) is 31.6 Å². The molecule has 0 bridgehead atoms. The molecule has 9 aromatic carbocycles. The third kappa shape index (κ3) is 31.0. The summed E-state index contributed by atoms with van der Waals surface area (Å²) in [4.78, 5) is 2.07. The number of benzene rings is 9. The summed E-state index contributed by atoms with van der Waals surface area (Å²) in [6.07, 6.45) is 3.86. The zero-order valence-electron chi connectivity index (χ0n) is 75.2. The molecular formula is C94H113ClF2N6O24S3. The topological polar surface area (TPSA) is 332 Å². The first-order chi connectivity index (χ1) is 63.1. The molecule has 36 heteroatoms. The van der Waals surface area contributed by atoms with Gasteiger partial charge < -0.3 is 85.3 Å². The van der Waals surface area contributed by atoms with E-state index in [1.807, 2.05) is 97.1 Å². The fourth-order valence-corrected chi connectivity index (χ4v) is 16.8. The van der Waals surface area contributed by atoms with Gasteiger partial charge in [-0.15, -0.1) is 39.0 Å². The first-order valence-corrected chi connectivity index (χ1v) is 44.1. The number of hydrogen-bond donors (Lipinski definition) is 6. The molecule has 0 aromatic heterocycles. The molecule has 6 atom stereocenters. The molecule has 0 radical (unpaired) electrons. The van der Waals surface area contributed by atoms with E-state index in [-0.39, 0.29) is 48.3 Å². The summed E-state index contributed by atoms with van der Waals surface area (Å²) in [6, 6.07) is 44.1. The molecule has 30 nitrogen and oxygen atoms in total. The molecule has 3 aliphatic rings. The van der Waals surface area contributed by atoms with Crippen LogP contribution in [0.5, 0.6) is 86.2 Å². The van der Waals surface area contributed by atoms with Crippen molar-refractivity contribution in [3.8, 4) is 86.2 Å². The van der Waals surface area contributed by atoms with E-state index >= 15 is 0 Å². The Bertz CT molecular complexity index is 4730. The van der Waals surface area contributed by atoms with E-state index in [0.717, 1.165) is 137 Å². The Hall–Kier alpha value is -10.1. The van der Waals surface area contributed by atoms with Crippen LogP contribution in [0.4, 0.5) is 8.78 Å². The molecule has 0 saturated carbocycles. The van der Waals surface area contributed by atoms with E-state index in [0.29, 0.717) is 136 Å². The van der Waals surface area contributed by atoms with Crippen LogP contribution < -0.4 is 87.3 Å². The average Bonchev–Trinajstić information content (AvgIpc) is 1.67. The molecule has 3 aliphatic heterocycles. The fraction of sp³-hybridized carbons (Fsp3) is 0.394. The van der Waals surface area contributed by atoms with Crippen molar-refractivity contribution in [3.05, 3.63) is 238 Å². The number of rotatable bonds is 43. The molecule has 0 aliphatic carbocycles. The number of hydroxylamine groups is 3. The van der Waals surface area contributed by atoms with E-state index in [4.69, 9.17) is 111 Å². The normalized spacial score (nSPS) is 15.8. The van der Waals surface area contributed by atoms with Gasteiger partial charge in [-0.2, -0.15) is 11.8 Å². The molecule has 702 valence electrons. The molecule has 9 aromatic rings. The van der Waals surface area contributed by atoms with Crippen molar-refractivity contribution >= 4 is 46.9 Å². The fourth-order valence-electron chi connectivity index (χ4n) is 14.4. The van der Waals surface area contributed by atoms with Crippen molar-refractivity contribution < 1.29 is 124 Å². The molecule has 0 unspecified atom stereocenters. The van der Waals surface area contributed by atoms with Gasteiger partial charge in [-0.05, 0) is 211 Å². The van der Waals surface area contributed by atoms with Crippen molar-refractivity contribution in [2.75, 3.05) is 144 Å². The maximum atomic E-state index is 13.2. The minimum atomic E-state index is -0.262. The standard InChI is InChI=1S/C31H39FN2O7S.C30H37ClN2O7S.C30H37FN2O7S.3CO/c1-34(35)33-18-23-14-21(15-27(36-2)30(23)40-12-13-42-19-20-6-8-24(32)9-7-20)25-10-11-26(41-25)22-16-28(37-3)31(39-5)29(17-22)38-4;2*1-33(34)32-18-21-14-19(15-26(35-2)29(21)39-12-13-41-23-8-6-22(31)7-9-23)24-10-11-25(40-24)20-16-27(36-3)30(38-5)28(17-20)37-4;3*1-2/h6-9,14-17,25-26,33,35H,10-13,18-19H2,1-5H3;2*6-9,14-17,24-25,32,34H,10-13,18H2,1-5H3;;;/t25-,26-;2*24-,25-;;;/m111.../s1. The molecular weight excluding hydrogens is 1770 g/mol. The molecule has 0 amide bonds.